The molecule has 0 atom stereocenters. The van der Waals surface area contributed by atoms with Crippen molar-refractivity contribution in [2.45, 2.75) is 54.3 Å². The minimum atomic E-state index is 0.0124. The van der Waals surface area contributed by atoms with Crippen LogP contribution in [0, 0.1) is 20.8 Å². The summed E-state index contributed by atoms with van der Waals surface area (Å²) in [4.78, 5) is 14.5. The predicted molar refractivity (Wildman–Crippen MR) is 85.8 cm³/mol. The lowest BCUT2D eigenvalue weighted by Gasteiger charge is -2.17. The summed E-state index contributed by atoms with van der Waals surface area (Å²) < 4.78 is 3.82. The van der Waals surface area contributed by atoms with Gasteiger partial charge in [0.1, 0.15) is 0 Å². The maximum absolute atomic E-state index is 12.8. The molecule has 0 aromatic carbocycles. The van der Waals surface area contributed by atoms with E-state index < -0.39 is 0 Å². The second-order valence-corrected chi connectivity index (χ2v) is 5.59. The van der Waals surface area contributed by atoms with Crippen LogP contribution in [-0.2, 0) is 19.6 Å². The molecule has 6 nitrogen and oxygen atoms in total. The third-order valence-electron chi connectivity index (χ3n) is 4.15. The van der Waals surface area contributed by atoms with Crippen LogP contribution in [0.3, 0.4) is 0 Å². The molecule has 0 aliphatic heterocycles. The maximum Gasteiger partial charge on any atom is 0.257 e. The van der Waals surface area contributed by atoms with Gasteiger partial charge in [-0.3, -0.25) is 14.2 Å². The lowest BCUT2D eigenvalue weighted by molar-refractivity contribution is 0.0783. The molecule has 1 amide bonds. The van der Waals surface area contributed by atoms with Gasteiger partial charge in [0.25, 0.3) is 5.91 Å². The van der Waals surface area contributed by atoms with Gasteiger partial charge in [-0.15, -0.1) is 0 Å². The van der Waals surface area contributed by atoms with Crippen LogP contribution in [0.2, 0.25) is 0 Å². The number of aryl methyl sites for hydroxylation is 3. The molecule has 0 aliphatic rings. The van der Waals surface area contributed by atoms with E-state index in [1.165, 1.54) is 0 Å². The zero-order valence-electron chi connectivity index (χ0n) is 14.3. The fraction of sp³-hybridized carbons (Fsp3) is 0.562. The highest BCUT2D eigenvalue weighted by Crippen LogP contribution is 2.17. The third-order valence-corrected chi connectivity index (χ3v) is 4.15. The first-order chi connectivity index (χ1) is 10.4. The van der Waals surface area contributed by atoms with Crippen molar-refractivity contribution in [1.82, 2.24) is 24.5 Å². The molecule has 22 heavy (non-hydrogen) atoms. The smallest absolute Gasteiger partial charge is 0.257 e. The fourth-order valence-electron chi connectivity index (χ4n) is 2.79. The molecule has 2 rings (SSSR count). The van der Waals surface area contributed by atoms with Crippen molar-refractivity contribution in [1.29, 1.82) is 0 Å². The van der Waals surface area contributed by atoms with Gasteiger partial charge in [0.15, 0.2) is 0 Å². The number of carbonyl (C=O) groups excluding carboxylic acids is 1. The van der Waals surface area contributed by atoms with Gasteiger partial charge >= 0.3 is 0 Å². The number of nitrogens with zero attached hydrogens (tertiary/aromatic N) is 5. The summed E-state index contributed by atoms with van der Waals surface area (Å²) in [7, 11) is 1.83. The van der Waals surface area contributed by atoms with E-state index in [0.29, 0.717) is 12.1 Å². The van der Waals surface area contributed by atoms with Crippen molar-refractivity contribution in [3.63, 3.8) is 0 Å². The molecule has 120 valence electrons. The van der Waals surface area contributed by atoms with Crippen LogP contribution >= 0.6 is 0 Å². The number of amides is 1. The molecule has 2 aromatic rings. The van der Waals surface area contributed by atoms with Crippen LogP contribution < -0.4 is 0 Å². The first-order valence-electron chi connectivity index (χ1n) is 7.71. The molecule has 0 spiro atoms. The Morgan fingerprint density at radius 2 is 1.77 bits per heavy atom. The van der Waals surface area contributed by atoms with Gasteiger partial charge < -0.3 is 4.90 Å². The van der Waals surface area contributed by atoms with E-state index in [0.717, 1.165) is 35.7 Å². The summed E-state index contributed by atoms with van der Waals surface area (Å²) >= 11 is 0. The molecule has 0 saturated heterocycles. The van der Waals surface area contributed by atoms with Crippen molar-refractivity contribution in [3.05, 3.63) is 34.4 Å². The lowest BCUT2D eigenvalue weighted by Crippen LogP contribution is -2.27. The highest BCUT2D eigenvalue weighted by atomic mass is 16.2. The summed E-state index contributed by atoms with van der Waals surface area (Å²) in [6, 6.07) is 0. The summed E-state index contributed by atoms with van der Waals surface area (Å²) in [5.74, 6) is 0.0124. The second-order valence-electron chi connectivity index (χ2n) is 5.59. The fourth-order valence-corrected chi connectivity index (χ4v) is 2.79. The molecule has 0 bridgehead atoms. The normalized spacial score (nSPS) is 11.0. The molecule has 2 aromatic heterocycles. The minimum absolute atomic E-state index is 0.0124. The number of hydrogen-bond acceptors (Lipinski definition) is 3. The molecule has 0 saturated carbocycles. The van der Waals surface area contributed by atoms with Crippen molar-refractivity contribution < 1.29 is 4.79 Å². The van der Waals surface area contributed by atoms with Crippen molar-refractivity contribution >= 4 is 5.91 Å². The van der Waals surface area contributed by atoms with Gasteiger partial charge in [-0.1, -0.05) is 0 Å². The predicted octanol–water partition coefficient (Wildman–Crippen LogP) is 2.32. The zero-order valence-corrected chi connectivity index (χ0v) is 14.3. The van der Waals surface area contributed by atoms with Crippen LogP contribution in [0.25, 0.3) is 0 Å². The van der Waals surface area contributed by atoms with Crippen molar-refractivity contribution in [2.75, 3.05) is 7.05 Å². The van der Waals surface area contributed by atoms with E-state index in [2.05, 4.69) is 17.1 Å². The Morgan fingerprint density at radius 1 is 1.14 bits per heavy atom. The van der Waals surface area contributed by atoms with Crippen molar-refractivity contribution in [3.8, 4) is 0 Å². The van der Waals surface area contributed by atoms with Crippen molar-refractivity contribution in [2.24, 2.45) is 0 Å². The topological polar surface area (TPSA) is 56.0 Å². The minimum Gasteiger partial charge on any atom is -0.337 e. The molecule has 6 heteroatoms. The summed E-state index contributed by atoms with van der Waals surface area (Å²) in [6.07, 6.45) is 1.85. The van der Waals surface area contributed by atoms with Gasteiger partial charge in [0.05, 0.1) is 17.5 Å². The van der Waals surface area contributed by atoms with E-state index >= 15 is 0 Å². The SMILES string of the molecule is CCn1ncc(CN(C)C(=O)c2c(C)nn(CC)c2C)c1C. The quantitative estimate of drug-likeness (QED) is 0.852. The lowest BCUT2D eigenvalue weighted by atomic mass is 10.1. The van der Waals surface area contributed by atoms with E-state index in [9.17, 15) is 4.79 Å². The van der Waals surface area contributed by atoms with Crippen LogP contribution in [0.4, 0.5) is 0 Å². The first-order valence-corrected chi connectivity index (χ1v) is 7.71. The summed E-state index contributed by atoms with van der Waals surface area (Å²) in [5.41, 5.74) is 4.62. The monoisotopic (exact) mass is 303 g/mol. The van der Waals surface area contributed by atoms with Crippen LogP contribution in [0.1, 0.15) is 46.9 Å². The van der Waals surface area contributed by atoms with E-state index in [1.807, 2.05) is 50.3 Å². The van der Waals surface area contributed by atoms with Gasteiger partial charge in [-0.05, 0) is 34.6 Å². The number of rotatable bonds is 5. The Balaban J connectivity index is 2.22. The average molecular weight is 303 g/mol. The van der Waals surface area contributed by atoms with E-state index in [4.69, 9.17) is 0 Å². The molecule has 0 radical (unpaired) electrons. The highest BCUT2D eigenvalue weighted by Gasteiger charge is 2.22. The Hall–Kier alpha value is -2.11. The Labute approximate surface area is 131 Å². The van der Waals surface area contributed by atoms with Gasteiger partial charge in [0.2, 0.25) is 0 Å². The van der Waals surface area contributed by atoms with E-state index in [1.54, 1.807) is 4.90 Å². The Morgan fingerprint density at radius 3 is 2.27 bits per heavy atom. The number of carbonyl (C=O) groups is 1. The molecule has 0 N–H and O–H groups in total. The molecule has 0 aliphatic carbocycles. The molecular formula is C16H25N5O. The second kappa shape index (κ2) is 6.34. The number of aromatic nitrogens is 4. The Bertz CT molecular complexity index is 683. The first kappa shape index (κ1) is 16.3. The van der Waals surface area contributed by atoms with Crippen LogP contribution in [-0.4, -0.2) is 37.4 Å². The summed E-state index contributed by atoms with van der Waals surface area (Å²) in [5, 5.41) is 8.76. The van der Waals surface area contributed by atoms with Gasteiger partial charge in [0, 0.05) is 43.6 Å². The van der Waals surface area contributed by atoms with Gasteiger partial charge in [-0.2, -0.15) is 10.2 Å². The maximum atomic E-state index is 12.8. The molecular weight excluding hydrogens is 278 g/mol. The number of hydrogen-bond donors (Lipinski definition) is 0. The van der Waals surface area contributed by atoms with Crippen LogP contribution in [0.15, 0.2) is 6.20 Å². The van der Waals surface area contributed by atoms with Gasteiger partial charge in [-0.25, -0.2) is 0 Å². The third kappa shape index (κ3) is 2.77. The largest absolute Gasteiger partial charge is 0.337 e. The van der Waals surface area contributed by atoms with E-state index in [-0.39, 0.29) is 5.91 Å². The molecule has 2 heterocycles. The molecule has 0 fully saturated rings. The average Bonchev–Trinajstić information content (AvgIpc) is 2.98. The highest BCUT2D eigenvalue weighted by molar-refractivity contribution is 5.96. The molecule has 0 unspecified atom stereocenters. The summed E-state index contributed by atoms with van der Waals surface area (Å²) in [6.45, 7) is 12.1. The van der Waals surface area contributed by atoms with Crippen LogP contribution in [0.5, 0.6) is 0 Å². The Kier molecular flexibility index (Phi) is 4.68. The zero-order chi connectivity index (χ0) is 16.4. The standard InChI is InChI=1S/C16H25N5O/c1-7-20-12(4)14(9-17-20)10-19(6)16(22)15-11(3)18-21(8-2)13(15)5/h9H,7-8,10H2,1-6H3.